The number of carbonyl (C=O) groups is 1. The van der Waals surface area contributed by atoms with Crippen molar-refractivity contribution in [2.24, 2.45) is 0 Å². The second kappa shape index (κ2) is 6.17. The summed E-state index contributed by atoms with van der Waals surface area (Å²) in [6.07, 6.45) is 1.53. The van der Waals surface area contributed by atoms with E-state index in [-0.39, 0.29) is 4.90 Å². The number of hydrogen-bond acceptors (Lipinski definition) is 4. The van der Waals surface area contributed by atoms with Gasteiger partial charge < -0.3 is 14.6 Å². The Bertz CT molecular complexity index is 453. The smallest absolute Gasteiger partial charge is 0.340 e. The van der Waals surface area contributed by atoms with Crippen molar-refractivity contribution in [2.75, 3.05) is 7.05 Å². The topological polar surface area (TPSA) is 75.6 Å². The van der Waals surface area contributed by atoms with Gasteiger partial charge in [0, 0.05) is 13.2 Å². The average molecular weight is 255 g/mol. The Kier molecular flexibility index (Phi) is 4.86. The molecule has 2 N–H and O–H groups in total. The molecule has 0 aliphatic carbocycles. The van der Waals surface area contributed by atoms with Crippen LogP contribution in [-0.4, -0.2) is 21.8 Å². The second-order valence-corrected chi connectivity index (χ2v) is 4.20. The summed E-state index contributed by atoms with van der Waals surface area (Å²) in [7, 11) is 1.68. The summed E-state index contributed by atoms with van der Waals surface area (Å²) < 4.78 is 24.6. The molecule has 17 heavy (non-hydrogen) atoms. The molecule has 1 rings (SSSR count). The Morgan fingerprint density at radius 2 is 2.00 bits per heavy atom. The van der Waals surface area contributed by atoms with Gasteiger partial charge in [-0.05, 0) is 31.2 Å². The molecule has 1 aromatic carbocycles. The van der Waals surface area contributed by atoms with Crippen molar-refractivity contribution in [1.29, 1.82) is 0 Å². The summed E-state index contributed by atoms with van der Waals surface area (Å²) in [5, 5.41) is 2.72. The van der Waals surface area contributed by atoms with E-state index in [2.05, 4.69) is 5.32 Å². The summed E-state index contributed by atoms with van der Waals surface area (Å²) in [4.78, 5) is 11.7. The Morgan fingerprint density at radius 3 is 2.47 bits per heavy atom. The van der Waals surface area contributed by atoms with Crippen LogP contribution in [0.5, 0.6) is 5.75 Å². The van der Waals surface area contributed by atoms with Crippen molar-refractivity contribution in [3.63, 3.8) is 0 Å². The van der Waals surface area contributed by atoms with Gasteiger partial charge in [-0.3, -0.25) is 0 Å². The first-order valence-corrected chi connectivity index (χ1v) is 5.92. The van der Waals surface area contributed by atoms with Gasteiger partial charge in [-0.25, -0.2) is 9.00 Å². The van der Waals surface area contributed by atoms with Crippen molar-refractivity contribution >= 4 is 17.0 Å². The number of nitrogens with one attached hydrogen (secondary N) is 1. The quantitative estimate of drug-likeness (QED) is 0.367. The highest BCUT2D eigenvalue weighted by Crippen LogP contribution is 2.15. The lowest BCUT2D eigenvalue weighted by atomic mass is 10.3. The van der Waals surface area contributed by atoms with Crippen molar-refractivity contribution < 1.29 is 18.3 Å². The Hall–Kier alpha value is -1.66. The molecule has 1 aromatic rings. The number of ether oxygens (including phenoxy) is 1. The average Bonchev–Trinajstić information content (AvgIpc) is 2.30. The SMILES string of the molecule is CNC=C(C)C(=O)Oc1ccc(S(=O)O)cc1. The van der Waals surface area contributed by atoms with Crippen LogP contribution in [0.25, 0.3) is 0 Å². The van der Waals surface area contributed by atoms with E-state index in [4.69, 9.17) is 9.29 Å². The van der Waals surface area contributed by atoms with Crippen molar-refractivity contribution in [3.8, 4) is 5.75 Å². The third kappa shape index (κ3) is 4.01. The minimum Gasteiger partial charge on any atom is -0.423 e. The lowest BCUT2D eigenvalue weighted by molar-refractivity contribution is -0.130. The predicted molar refractivity (Wildman–Crippen MR) is 63.9 cm³/mol. The maximum absolute atomic E-state index is 11.5. The molecule has 0 spiro atoms. The highest BCUT2D eigenvalue weighted by molar-refractivity contribution is 7.79. The van der Waals surface area contributed by atoms with Crippen molar-refractivity contribution in [2.45, 2.75) is 11.8 Å². The summed E-state index contributed by atoms with van der Waals surface area (Å²) in [6.45, 7) is 1.62. The minimum atomic E-state index is -2.02. The molecular formula is C11H13NO4S. The Morgan fingerprint density at radius 1 is 1.41 bits per heavy atom. The van der Waals surface area contributed by atoms with Crippen LogP contribution in [0.4, 0.5) is 0 Å². The van der Waals surface area contributed by atoms with Crippen LogP contribution in [0.2, 0.25) is 0 Å². The standard InChI is InChI=1S/C11H13NO4S/c1-8(7-12-2)11(13)16-9-3-5-10(6-4-9)17(14)15/h3-7,12H,1-2H3,(H,14,15). The Balaban J connectivity index is 2.73. The van der Waals surface area contributed by atoms with Gasteiger partial charge in [0.25, 0.3) is 0 Å². The first kappa shape index (κ1) is 13.4. The van der Waals surface area contributed by atoms with E-state index in [0.717, 1.165) is 0 Å². The largest absolute Gasteiger partial charge is 0.423 e. The molecule has 1 unspecified atom stereocenters. The van der Waals surface area contributed by atoms with E-state index in [9.17, 15) is 9.00 Å². The zero-order valence-electron chi connectivity index (χ0n) is 9.47. The summed E-state index contributed by atoms with van der Waals surface area (Å²) >= 11 is -2.02. The molecule has 6 heteroatoms. The van der Waals surface area contributed by atoms with E-state index in [1.807, 2.05) is 0 Å². The lowest BCUT2D eigenvalue weighted by Gasteiger charge is -2.04. The van der Waals surface area contributed by atoms with E-state index < -0.39 is 17.0 Å². The molecule has 0 amide bonds. The first-order valence-electron chi connectivity index (χ1n) is 4.81. The van der Waals surface area contributed by atoms with Gasteiger partial charge in [-0.1, -0.05) is 0 Å². The van der Waals surface area contributed by atoms with Gasteiger partial charge in [0.15, 0.2) is 11.1 Å². The Labute approximate surface area is 102 Å². The van der Waals surface area contributed by atoms with Crippen LogP contribution in [0.15, 0.2) is 40.9 Å². The third-order valence-corrected chi connectivity index (χ3v) is 2.59. The number of benzene rings is 1. The van der Waals surface area contributed by atoms with Gasteiger partial charge in [0.05, 0.1) is 10.5 Å². The number of rotatable bonds is 4. The van der Waals surface area contributed by atoms with Crippen LogP contribution >= 0.6 is 0 Å². The first-order chi connectivity index (χ1) is 8.04. The highest BCUT2D eigenvalue weighted by atomic mass is 32.2. The summed E-state index contributed by atoms with van der Waals surface area (Å²) in [5.41, 5.74) is 0.433. The lowest BCUT2D eigenvalue weighted by Crippen LogP contribution is -2.11. The van der Waals surface area contributed by atoms with E-state index in [1.54, 1.807) is 14.0 Å². The normalized spacial score (nSPS) is 13.0. The molecule has 0 heterocycles. The fourth-order valence-electron chi connectivity index (χ4n) is 1.09. The fraction of sp³-hybridized carbons (Fsp3) is 0.182. The molecule has 0 saturated carbocycles. The van der Waals surface area contributed by atoms with E-state index >= 15 is 0 Å². The zero-order chi connectivity index (χ0) is 12.8. The molecule has 0 radical (unpaired) electrons. The van der Waals surface area contributed by atoms with Crippen LogP contribution in [0, 0.1) is 0 Å². The van der Waals surface area contributed by atoms with Gasteiger partial charge >= 0.3 is 5.97 Å². The highest BCUT2D eigenvalue weighted by Gasteiger charge is 2.07. The number of esters is 1. The number of hydrogen-bond donors (Lipinski definition) is 2. The minimum absolute atomic E-state index is 0.257. The van der Waals surface area contributed by atoms with Crippen LogP contribution in [0.1, 0.15) is 6.92 Å². The molecule has 0 aliphatic rings. The third-order valence-electron chi connectivity index (χ3n) is 1.92. The van der Waals surface area contributed by atoms with Crippen LogP contribution in [-0.2, 0) is 15.9 Å². The van der Waals surface area contributed by atoms with Gasteiger partial charge in [0.1, 0.15) is 5.75 Å². The van der Waals surface area contributed by atoms with E-state index in [1.165, 1.54) is 30.5 Å². The van der Waals surface area contributed by atoms with Crippen LogP contribution < -0.4 is 10.1 Å². The molecule has 92 valence electrons. The summed E-state index contributed by atoms with van der Waals surface area (Å²) in [5.74, 6) is -0.148. The maximum Gasteiger partial charge on any atom is 0.340 e. The van der Waals surface area contributed by atoms with Crippen molar-refractivity contribution in [1.82, 2.24) is 5.32 Å². The number of carbonyl (C=O) groups excluding carboxylic acids is 1. The molecule has 5 nitrogen and oxygen atoms in total. The van der Waals surface area contributed by atoms with Crippen molar-refractivity contribution in [3.05, 3.63) is 36.0 Å². The molecule has 1 atom stereocenters. The van der Waals surface area contributed by atoms with Gasteiger partial charge in [0.2, 0.25) is 0 Å². The molecular weight excluding hydrogens is 242 g/mol. The van der Waals surface area contributed by atoms with Crippen LogP contribution in [0.3, 0.4) is 0 Å². The fourth-order valence-corrected chi connectivity index (χ4v) is 1.46. The molecule has 0 saturated heterocycles. The monoisotopic (exact) mass is 255 g/mol. The zero-order valence-corrected chi connectivity index (χ0v) is 10.3. The molecule has 0 aromatic heterocycles. The van der Waals surface area contributed by atoms with Gasteiger partial charge in [-0.2, -0.15) is 0 Å². The van der Waals surface area contributed by atoms with E-state index in [0.29, 0.717) is 11.3 Å². The molecule has 0 bridgehead atoms. The van der Waals surface area contributed by atoms with Gasteiger partial charge in [-0.15, -0.1) is 0 Å². The molecule has 0 fully saturated rings. The maximum atomic E-state index is 11.5. The predicted octanol–water partition coefficient (Wildman–Crippen LogP) is 1.30. The molecule has 0 aliphatic heterocycles. The summed E-state index contributed by atoms with van der Waals surface area (Å²) in [6, 6.07) is 5.79. The second-order valence-electron chi connectivity index (χ2n) is 3.23.